The maximum Gasteiger partial charge on any atom is 0.229 e. The van der Waals surface area contributed by atoms with Crippen LogP contribution in [-0.2, 0) is 9.57 Å². The number of benzene rings is 1. The van der Waals surface area contributed by atoms with E-state index in [0.29, 0.717) is 17.2 Å². The van der Waals surface area contributed by atoms with Crippen molar-refractivity contribution in [2.75, 3.05) is 0 Å². The van der Waals surface area contributed by atoms with E-state index in [2.05, 4.69) is 5.16 Å². The highest BCUT2D eigenvalue weighted by atomic mass is 35.5. The van der Waals surface area contributed by atoms with Crippen molar-refractivity contribution in [3.63, 3.8) is 0 Å². The van der Waals surface area contributed by atoms with Crippen LogP contribution in [0.4, 0.5) is 0 Å². The molecule has 2 rings (SSSR count). The van der Waals surface area contributed by atoms with Crippen LogP contribution in [0.2, 0.25) is 5.02 Å². The third kappa shape index (κ3) is 4.10. The highest BCUT2D eigenvalue weighted by Gasteiger charge is 2.30. The zero-order valence-corrected chi connectivity index (χ0v) is 12.7. The molecule has 1 aromatic rings. The molecule has 0 unspecified atom stereocenters. The van der Waals surface area contributed by atoms with Crippen molar-refractivity contribution in [1.82, 2.24) is 0 Å². The molecule has 1 aliphatic rings. The predicted octanol–water partition coefficient (Wildman–Crippen LogP) is 4.21. The summed E-state index contributed by atoms with van der Waals surface area (Å²) in [6.07, 6.45) is 0.166. The van der Waals surface area contributed by atoms with Crippen molar-refractivity contribution in [1.29, 1.82) is 0 Å². The molecule has 0 fully saturated rings. The lowest BCUT2D eigenvalue weighted by Gasteiger charge is -2.30. The van der Waals surface area contributed by atoms with E-state index >= 15 is 0 Å². The molecule has 104 valence electrons. The van der Waals surface area contributed by atoms with E-state index in [0.717, 1.165) is 5.56 Å². The molecule has 0 radical (unpaired) electrons. The lowest BCUT2D eigenvalue weighted by atomic mass is 10.0. The van der Waals surface area contributed by atoms with Crippen molar-refractivity contribution in [2.45, 2.75) is 44.5 Å². The van der Waals surface area contributed by atoms with E-state index in [4.69, 9.17) is 32.8 Å². The molecule has 5 heteroatoms. The zero-order valence-electron chi connectivity index (χ0n) is 11.2. The standard InChI is InChI=1S/C14H17Cl2NO2/c1-14(2,3)18-12-8-11(16)13(17-19-12)9-4-6-10(15)7-5-9/h4-7,11-12H,8H2,1-3H3/t11-,12+/m0/s1. The average molecular weight is 302 g/mol. The monoisotopic (exact) mass is 301 g/mol. The van der Waals surface area contributed by atoms with Gasteiger partial charge in [0.2, 0.25) is 6.29 Å². The van der Waals surface area contributed by atoms with Crippen molar-refractivity contribution < 1.29 is 9.57 Å². The SMILES string of the molecule is CC(C)(C)O[C@H]1C[C@H](Cl)C(c2ccc(Cl)cc2)=NO1. The number of rotatable bonds is 2. The van der Waals surface area contributed by atoms with Gasteiger partial charge in [0.15, 0.2) is 0 Å². The van der Waals surface area contributed by atoms with E-state index in [1.54, 1.807) is 12.1 Å². The predicted molar refractivity (Wildman–Crippen MR) is 78.0 cm³/mol. The first-order valence-corrected chi connectivity index (χ1v) is 6.98. The number of oxime groups is 1. The second kappa shape index (κ2) is 5.70. The normalized spacial score (nSPS) is 23.7. The molecule has 0 aromatic heterocycles. The van der Waals surface area contributed by atoms with Gasteiger partial charge in [-0.15, -0.1) is 11.6 Å². The van der Waals surface area contributed by atoms with Gasteiger partial charge in [0, 0.05) is 17.0 Å². The van der Waals surface area contributed by atoms with Crippen LogP contribution in [0.3, 0.4) is 0 Å². The smallest absolute Gasteiger partial charge is 0.229 e. The number of hydrogen-bond acceptors (Lipinski definition) is 3. The molecule has 0 spiro atoms. The van der Waals surface area contributed by atoms with Gasteiger partial charge < -0.3 is 9.57 Å². The highest BCUT2D eigenvalue weighted by Crippen LogP contribution is 2.25. The van der Waals surface area contributed by atoms with Crippen LogP contribution in [0.5, 0.6) is 0 Å². The summed E-state index contributed by atoms with van der Waals surface area (Å²) in [7, 11) is 0. The molecular formula is C14H17Cl2NO2. The van der Waals surface area contributed by atoms with Gasteiger partial charge in [-0.1, -0.05) is 28.9 Å². The van der Waals surface area contributed by atoms with E-state index in [1.807, 2.05) is 32.9 Å². The van der Waals surface area contributed by atoms with Gasteiger partial charge >= 0.3 is 0 Å². The Morgan fingerprint density at radius 2 is 1.89 bits per heavy atom. The molecule has 0 saturated heterocycles. The number of halogens is 2. The molecule has 2 atom stereocenters. The largest absolute Gasteiger partial charge is 0.363 e. The molecule has 0 bridgehead atoms. The van der Waals surface area contributed by atoms with E-state index < -0.39 is 6.29 Å². The second-order valence-corrected chi connectivity index (χ2v) is 6.42. The number of ether oxygens (including phenoxy) is 1. The number of hydrogen-bond donors (Lipinski definition) is 0. The molecule has 1 heterocycles. The Morgan fingerprint density at radius 3 is 2.42 bits per heavy atom. The fourth-order valence-electron chi connectivity index (χ4n) is 1.81. The van der Waals surface area contributed by atoms with Crippen molar-refractivity contribution in [3.05, 3.63) is 34.9 Å². The summed E-state index contributed by atoms with van der Waals surface area (Å²) in [6.45, 7) is 5.91. The number of nitrogens with zero attached hydrogens (tertiary/aromatic N) is 1. The van der Waals surface area contributed by atoms with Crippen LogP contribution < -0.4 is 0 Å². The molecule has 19 heavy (non-hydrogen) atoms. The molecule has 1 aliphatic heterocycles. The summed E-state index contributed by atoms with van der Waals surface area (Å²) >= 11 is 12.2. The van der Waals surface area contributed by atoms with Gasteiger partial charge in [-0.2, -0.15) is 0 Å². The average Bonchev–Trinajstić information content (AvgIpc) is 2.29. The summed E-state index contributed by atoms with van der Waals surface area (Å²) in [6, 6.07) is 7.37. The van der Waals surface area contributed by atoms with E-state index in [-0.39, 0.29) is 11.0 Å². The minimum atomic E-state index is -0.404. The van der Waals surface area contributed by atoms with Crippen molar-refractivity contribution in [3.8, 4) is 0 Å². The third-order valence-corrected chi connectivity index (χ3v) is 3.23. The zero-order chi connectivity index (χ0) is 14.0. The van der Waals surface area contributed by atoms with Gasteiger partial charge in [-0.25, -0.2) is 0 Å². The lowest BCUT2D eigenvalue weighted by molar-refractivity contribution is -0.200. The maximum absolute atomic E-state index is 6.36. The van der Waals surface area contributed by atoms with E-state index in [9.17, 15) is 0 Å². The van der Waals surface area contributed by atoms with Gasteiger partial charge in [-0.3, -0.25) is 0 Å². The minimum Gasteiger partial charge on any atom is -0.363 e. The van der Waals surface area contributed by atoms with Crippen LogP contribution in [0.1, 0.15) is 32.8 Å². The van der Waals surface area contributed by atoms with Gasteiger partial charge in [0.25, 0.3) is 0 Å². The van der Waals surface area contributed by atoms with Crippen LogP contribution in [0, 0.1) is 0 Å². The molecule has 0 N–H and O–H groups in total. The summed E-state index contributed by atoms with van der Waals surface area (Å²) in [5.74, 6) is 0. The molecular weight excluding hydrogens is 285 g/mol. The first kappa shape index (κ1) is 14.6. The fraction of sp³-hybridized carbons (Fsp3) is 0.500. The fourth-order valence-corrected chi connectivity index (χ4v) is 2.25. The Labute approximate surface area is 123 Å². The van der Waals surface area contributed by atoms with Crippen LogP contribution in [0.15, 0.2) is 29.4 Å². The van der Waals surface area contributed by atoms with Crippen LogP contribution in [0.25, 0.3) is 0 Å². The summed E-state index contributed by atoms with van der Waals surface area (Å²) in [5, 5.41) is 4.54. The van der Waals surface area contributed by atoms with Crippen LogP contribution in [-0.4, -0.2) is 23.0 Å². The molecule has 0 aliphatic carbocycles. The van der Waals surface area contributed by atoms with Crippen molar-refractivity contribution >= 4 is 28.9 Å². The first-order chi connectivity index (χ1) is 8.85. The summed E-state index contributed by atoms with van der Waals surface area (Å²) < 4.78 is 5.72. The van der Waals surface area contributed by atoms with Gasteiger partial charge in [-0.05, 0) is 32.9 Å². The Hall–Kier alpha value is -0.770. The number of alkyl halides is 1. The van der Waals surface area contributed by atoms with Crippen molar-refractivity contribution in [2.24, 2.45) is 5.16 Å². The Kier molecular flexibility index (Phi) is 4.39. The Balaban J connectivity index is 2.10. The Morgan fingerprint density at radius 1 is 1.26 bits per heavy atom. The quantitative estimate of drug-likeness (QED) is 0.766. The lowest BCUT2D eigenvalue weighted by Crippen LogP contribution is -2.35. The first-order valence-electron chi connectivity index (χ1n) is 6.17. The summed E-state index contributed by atoms with van der Waals surface area (Å²) in [5.41, 5.74) is 1.35. The van der Waals surface area contributed by atoms with Crippen LogP contribution >= 0.6 is 23.2 Å². The highest BCUT2D eigenvalue weighted by molar-refractivity contribution is 6.35. The third-order valence-electron chi connectivity index (χ3n) is 2.59. The maximum atomic E-state index is 6.36. The summed E-state index contributed by atoms with van der Waals surface area (Å²) in [4.78, 5) is 5.37. The molecule has 1 aromatic carbocycles. The molecule has 3 nitrogen and oxygen atoms in total. The second-order valence-electron chi connectivity index (χ2n) is 5.45. The van der Waals surface area contributed by atoms with Gasteiger partial charge in [0.1, 0.15) is 5.71 Å². The minimum absolute atomic E-state index is 0.234. The molecule has 0 amide bonds. The topological polar surface area (TPSA) is 30.8 Å². The van der Waals surface area contributed by atoms with Gasteiger partial charge in [0.05, 0.1) is 11.0 Å². The Bertz CT molecular complexity index is 465. The molecule has 0 saturated carbocycles. The van der Waals surface area contributed by atoms with E-state index in [1.165, 1.54) is 0 Å².